The average Bonchev–Trinajstić information content (AvgIpc) is 2.36. The Hall–Kier alpha value is -1.10. The van der Waals surface area contributed by atoms with Crippen LogP contribution < -0.4 is 5.32 Å². The van der Waals surface area contributed by atoms with Crippen LogP contribution in [0.3, 0.4) is 0 Å². The summed E-state index contributed by atoms with van der Waals surface area (Å²) >= 11 is 0. The third-order valence-electron chi connectivity index (χ3n) is 1.89. The molecular weight excluding hydrogens is 162 g/mol. The first-order valence-electron chi connectivity index (χ1n) is 3.76. The van der Waals surface area contributed by atoms with Crippen LogP contribution in [0.1, 0.15) is 13.3 Å². The van der Waals surface area contributed by atoms with Gasteiger partial charge in [-0.25, -0.2) is 4.79 Å². The normalized spacial score (nSPS) is 28.4. The van der Waals surface area contributed by atoms with Gasteiger partial charge >= 0.3 is 11.9 Å². The SMILES string of the molecule is CC1OCCC1NC(=O)C(=O)O. The van der Waals surface area contributed by atoms with Crippen molar-refractivity contribution in [2.24, 2.45) is 0 Å². The third kappa shape index (κ3) is 1.94. The molecule has 1 heterocycles. The van der Waals surface area contributed by atoms with E-state index in [4.69, 9.17) is 9.84 Å². The van der Waals surface area contributed by atoms with Crippen LogP contribution >= 0.6 is 0 Å². The number of carbonyl (C=O) groups is 2. The Kier molecular flexibility index (Phi) is 2.65. The number of rotatable bonds is 1. The largest absolute Gasteiger partial charge is 0.474 e. The lowest BCUT2D eigenvalue weighted by Crippen LogP contribution is -2.42. The number of nitrogens with one attached hydrogen (secondary N) is 1. The number of amides is 1. The van der Waals surface area contributed by atoms with Crippen LogP contribution in [0.5, 0.6) is 0 Å². The average molecular weight is 173 g/mol. The highest BCUT2D eigenvalue weighted by molar-refractivity contribution is 6.31. The zero-order valence-corrected chi connectivity index (χ0v) is 6.74. The molecule has 1 saturated heterocycles. The first-order chi connectivity index (χ1) is 5.61. The van der Waals surface area contributed by atoms with Gasteiger partial charge in [0.2, 0.25) is 0 Å². The number of aliphatic carboxylic acids is 1. The molecule has 0 aromatic heterocycles. The van der Waals surface area contributed by atoms with Gasteiger partial charge in [0.1, 0.15) is 0 Å². The number of hydrogen-bond acceptors (Lipinski definition) is 3. The Balaban J connectivity index is 2.40. The predicted octanol–water partition coefficient (Wildman–Crippen LogP) is -0.635. The summed E-state index contributed by atoms with van der Waals surface area (Å²) in [7, 11) is 0. The summed E-state index contributed by atoms with van der Waals surface area (Å²) in [4.78, 5) is 20.8. The summed E-state index contributed by atoms with van der Waals surface area (Å²) in [6.07, 6.45) is 0.591. The lowest BCUT2D eigenvalue weighted by Gasteiger charge is -2.13. The molecule has 1 aliphatic rings. The van der Waals surface area contributed by atoms with E-state index in [0.29, 0.717) is 13.0 Å². The maximum Gasteiger partial charge on any atom is 0.394 e. The van der Waals surface area contributed by atoms with E-state index in [2.05, 4.69) is 5.32 Å². The first-order valence-corrected chi connectivity index (χ1v) is 3.76. The van der Waals surface area contributed by atoms with Crippen molar-refractivity contribution in [3.63, 3.8) is 0 Å². The monoisotopic (exact) mass is 173 g/mol. The van der Waals surface area contributed by atoms with E-state index in [0.717, 1.165) is 0 Å². The van der Waals surface area contributed by atoms with E-state index >= 15 is 0 Å². The summed E-state index contributed by atoms with van der Waals surface area (Å²) in [6.45, 7) is 2.38. The molecule has 0 aromatic carbocycles. The Morgan fingerprint density at radius 3 is 2.67 bits per heavy atom. The molecule has 5 heteroatoms. The second kappa shape index (κ2) is 3.53. The van der Waals surface area contributed by atoms with Crippen molar-refractivity contribution in [1.29, 1.82) is 0 Å². The fourth-order valence-corrected chi connectivity index (χ4v) is 1.15. The van der Waals surface area contributed by atoms with Gasteiger partial charge in [0, 0.05) is 6.61 Å². The van der Waals surface area contributed by atoms with Crippen molar-refractivity contribution < 1.29 is 19.4 Å². The van der Waals surface area contributed by atoms with Crippen LogP contribution in [0.15, 0.2) is 0 Å². The van der Waals surface area contributed by atoms with Gasteiger partial charge in [-0.2, -0.15) is 0 Å². The minimum absolute atomic E-state index is 0.0895. The Bertz CT molecular complexity index is 204. The van der Waals surface area contributed by atoms with E-state index in [1.54, 1.807) is 6.92 Å². The summed E-state index contributed by atoms with van der Waals surface area (Å²) in [5.74, 6) is -2.41. The van der Waals surface area contributed by atoms with Crippen LogP contribution in [-0.4, -0.2) is 35.7 Å². The van der Waals surface area contributed by atoms with Crippen molar-refractivity contribution in [3.05, 3.63) is 0 Å². The molecule has 1 fully saturated rings. The zero-order chi connectivity index (χ0) is 9.14. The quantitative estimate of drug-likeness (QED) is 0.517. The Labute approximate surface area is 69.7 Å². The highest BCUT2D eigenvalue weighted by Gasteiger charge is 2.27. The minimum atomic E-state index is -1.45. The summed E-state index contributed by atoms with van der Waals surface area (Å²) in [6, 6.07) is -0.159. The molecule has 1 amide bonds. The van der Waals surface area contributed by atoms with Gasteiger partial charge < -0.3 is 15.2 Å². The standard InChI is InChI=1S/C7H11NO4/c1-4-5(2-3-12-4)8-6(9)7(10)11/h4-5H,2-3H2,1H3,(H,8,9)(H,10,11). The predicted molar refractivity (Wildman–Crippen MR) is 39.6 cm³/mol. The summed E-state index contributed by atoms with van der Waals surface area (Å²) < 4.78 is 5.14. The maximum absolute atomic E-state index is 10.7. The lowest BCUT2D eigenvalue weighted by molar-refractivity contribution is -0.150. The molecule has 68 valence electrons. The number of carboxylic acids is 1. The number of carboxylic acid groups (broad SMARTS) is 1. The Morgan fingerprint density at radius 2 is 2.25 bits per heavy atom. The smallest absolute Gasteiger partial charge is 0.394 e. The van der Waals surface area contributed by atoms with E-state index in [1.165, 1.54) is 0 Å². The fraction of sp³-hybridized carbons (Fsp3) is 0.714. The molecule has 5 nitrogen and oxygen atoms in total. The molecule has 2 atom stereocenters. The van der Waals surface area contributed by atoms with E-state index < -0.39 is 11.9 Å². The lowest BCUT2D eigenvalue weighted by atomic mass is 10.1. The van der Waals surface area contributed by atoms with Gasteiger partial charge in [-0.1, -0.05) is 0 Å². The summed E-state index contributed by atoms with van der Waals surface area (Å²) in [5.41, 5.74) is 0. The van der Waals surface area contributed by atoms with Crippen LogP contribution in [0, 0.1) is 0 Å². The van der Waals surface area contributed by atoms with Crippen LogP contribution in [0.4, 0.5) is 0 Å². The molecule has 2 unspecified atom stereocenters. The van der Waals surface area contributed by atoms with Gasteiger partial charge in [-0.15, -0.1) is 0 Å². The van der Waals surface area contributed by atoms with Crippen molar-refractivity contribution in [1.82, 2.24) is 5.32 Å². The first kappa shape index (κ1) is 8.99. The van der Waals surface area contributed by atoms with Crippen molar-refractivity contribution in [2.45, 2.75) is 25.5 Å². The third-order valence-corrected chi connectivity index (χ3v) is 1.89. The molecule has 0 aliphatic carbocycles. The molecule has 1 aliphatic heterocycles. The molecule has 1 rings (SSSR count). The second-order valence-electron chi connectivity index (χ2n) is 2.75. The highest BCUT2D eigenvalue weighted by Crippen LogP contribution is 2.11. The van der Waals surface area contributed by atoms with Crippen molar-refractivity contribution in [2.75, 3.05) is 6.61 Å². The number of hydrogen-bond donors (Lipinski definition) is 2. The van der Waals surface area contributed by atoms with Gasteiger partial charge in [0.15, 0.2) is 0 Å². The van der Waals surface area contributed by atoms with Crippen molar-refractivity contribution in [3.8, 4) is 0 Å². The molecule has 2 N–H and O–H groups in total. The van der Waals surface area contributed by atoms with Gasteiger partial charge in [-0.05, 0) is 13.3 Å². The van der Waals surface area contributed by atoms with Crippen LogP contribution in [0.25, 0.3) is 0 Å². The van der Waals surface area contributed by atoms with E-state index in [1.807, 2.05) is 0 Å². The molecule has 0 saturated carbocycles. The van der Waals surface area contributed by atoms with E-state index in [9.17, 15) is 9.59 Å². The van der Waals surface area contributed by atoms with Gasteiger partial charge in [0.05, 0.1) is 12.1 Å². The van der Waals surface area contributed by atoms with E-state index in [-0.39, 0.29) is 12.1 Å². The van der Waals surface area contributed by atoms with Gasteiger partial charge in [-0.3, -0.25) is 4.79 Å². The van der Waals surface area contributed by atoms with Crippen LogP contribution in [-0.2, 0) is 14.3 Å². The zero-order valence-electron chi connectivity index (χ0n) is 6.74. The topological polar surface area (TPSA) is 75.6 Å². The van der Waals surface area contributed by atoms with Crippen LogP contribution in [0.2, 0.25) is 0 Å². The maximum atomic E-state index is 10.7. The molecule has 12 heavy (non-hydrogen) atoms. The second-order valence-corrected chi connectivity index (χ2v) is 2.75. The molecular formula is C7H11NO4. The Morgan fingerprint density at radius 1 is 1.58 bits per heavy atom. The molecule has 0 bridgehead atoms. The molecule has 0 spiro atoms. The number of carbonyl (C=O) groups excluding carboxylic acids is 1. The number of ether oxygens (including phenoxy) is 1. The summed E-state index contributed by atoms with van der Waals surface area (Å²) in [5, 5.41) is 10.6. The molecule has 0 aromatic rings. The van der Waals surface area contributed by atoms with Gasteiger partial charge in [0.25, 0.3) is 0 Å². The minimum Gasteiger partial charge on any atom is -0.474 e. The fourth-order valence-electron chi connectivity index (χ4n) is 1.15. The highest BCUT2D eigenvalue weighted by atomic mass is 16.5. The molecule has 0 radical (unpaired) electrons. The van der Waals surface area contributed by atoms with Crippen molar-refractivity contribution >= 4 is 11.9 Å².